The van der Waals surface area contributed by atoms with E-state index in [1.165, 1.54) is 0 Å². The predicted molar refractivity (Wildman–Crippen MR) is 76.2 cm³/mol. The van der Waals surface area contributed by atoms with Crippen LogP contribution in [0.5, 0.6) is 0 Å². The van der Waals surface area contributed by atoms with Gasteiger partial charge in [0.2, 0.25) is 0 Å². The maximum atomic E-state index is 13.7. The standard InChI is InChI=1S/C13H6Br2F2N2/c14-8-1-7(6-18)2-10(3-8)19-13-11(15)4-9(16)5-12(13)17/h1-5,19H. The monoisotopic (exact) mass is 386 g/mol. The summed E-state index contributed by atoms with van der Waals surface area (Å²) in [6, 6.07) is 8.85. The van der Waals surface area contributed by atoms with Gasteiger partial charge in [0.05, 0.1) is 17.3 Å². The Hall–Kier alpha value is -1.45. The SMILES string of the molecule is N#Cc1cc(Br)cc(Nc2c(F)cc(F)cc2Br)c1. The second-order valence-electron chi connectivity index (χ2n) is 3.71. The van der Waals surface area contributed by atoms with Crippen molar-refractivity contribution in [2.75, 3.05) is 5.32 Å². The molecule has 0 aliphatic heterocycles. The third-order valence-corrected chi connectivity index (χ3v) is 3.39. The van der Waals surface area contributed by atoms with E-state index in [9.17, 15) is 8.78 Å². The van der Waals surface area contributed by atoms with Gasteiger partial charge in [0, 0.05) is 20.7 Å². The van der Waals surface area contributed by atoms with E-state index in [0.29, 0.717) is 15.7 Å². The lowest BCUT2D eigenvalue weighted by molar-refractivity contribution is 0.584. The van der Waals surface area contributed by atoms with Crippen LogP contribution >= 0.6 is 31.9 Å². The molecule has 2 nitrogen and oxygen atoms in total. The molecule has 0 aromatic heterocycles. The number of rotatable bonds is 2. The Labute approximate surface area is 125 Å². The van der Waals surface area contributed by atoms with Gasteiger partial charge in [-0.25, -0.2) is 8.78 Å². The Bertz CT molecular complexity index is 658. The number of anilines is 2. The van der Waals surface area contributed by atoms with Crippen molar-refractivity contribution in [3.63, 3.8) is 0 Å². The molecule has 19 heavy (non-hydrogen) atoms. The van der Waals surface area contributed by atoms with Gasteiger partial charge < -0.3 is 5.32 Å². The van der Waals surface area contributed by atoms with Gasteiger partial charge in [-0.05, 0) is 40.2 Å². The van der Waals surface area contributed by atoms with Crippen LogP contribution in [0.3, 0.4) is 0 Å². The lowest BCUT2D eigenvalue weighted by Gasteiger charge is -2.10. The first-order valence-electron chi connectivity index (χ1n) is 5.12. The number of nitrogens with zero attached hydrogens (tertiary/aromatic N) is 1. The van der Waals surface area contributed by atoms with Gasteiger partial charge in [0.25, 0.3) is 0 Å². The molecular formula is C13H6Br2F2N2. The van der Waals surface area contributed by atoms with Crippen molar-refractivity contribution in [1.29, 1.82) is 5.26 Å². The minimum absolute atomic E-state index is 0.114. The Morgan fingerprint density at radius 1 is 1.05 bits per heavy atom. The van der Waals surface area contributed by atoms with Gasteiger partial charge in [-0.15, -0.1) is 0 Å². The molecule has 96 valence electrons. The van der Waals surface area contributed by atoms with Crippen molar-refractivity contribution in [3.8, 4) is 6.07 Å². The van der Waals surface area contributed by atoms with Gasteiger partial charge in [-0.1, -0.05) is 15.9 Å². The molecule has 0 saturated heterocycles. The van der Waals surface area contributed by atoms with Crippen LogP contribution in [0.2, 0.25) is 0 Å². The van der Waals surface area contributed by atoms with Crippen molar-refractivity contribution in [1.82, 2.24) is 0 Å². The van der Waals surface area contributed by atoms with Gasteiger partial charge in [-0.3, -0.25) is 0 Å². The highest BCUT2D eigenvalue weighted by Gasteiger charge is 2.10. The molecule has 2 aromatic rings. The van der Waals surface area contributed by atoms with E-state index in [4.69, 9.17) is 5.26 Å². The Kier molecular flexibility index (Phi) is 4.17. The molecule has 0 atom stereocenters. The highest BCUT2D eigenvalue weighted by atomic mass is 79.9. The maximum absolute atomic E-state index is 13.7. The van der Waals surface area contributed by atoms with E-state index < -0.39 is 11.6 Å². The lowest BCUT2D eigenvalue weighted by atomic mass is 10.2. The van der Waals surface area contributed by atoms with Crippen molar-refractivity contribution in [2.24, 2.45) is 0 Å². The first kappa shape index (κ1) is 14.0. The molecule has 0 spiro atoms. The molecule has 2 rings (SSSR count). The van der Waals surface area contributed by atoms with E-state index in [0.717, 1.165) is 12.1 Å². The second-order valence-corrected chi connectivity index (χ2v) is 5.48. The zero-order valence-corrected chi connectivity index (χ0v) is 12.5. The van der Waals surface area contributed by atoms with Gasteiger partial charge >= 0.3 is 0 Å². The largest absolute Gasteiger partial charge is 0.352 e. The fraction of sp³-hybridized carbons (Fsp3) is 0. The molecule has 0 heterocycles. The number of nitriles is 1. The van der Waals surface area contributed by atoms with Crippen molar-refractivity contribution in [3.05, 3.63) is 56.5 Å². The minimum Gasteiger partial charge on any atom is -0.352 e. The van der Waals surface area contributed by atoms with E-state index in [2.05, 4.69) is 37.2 Å². The molecule has 0 fully saturated rings. The van der Waals surface area contributed by atoms with Crippen LogP contribution in [-0.2, 0) is 0 Å². The lowest BCUT2D eigenvalue weighted by Crippen LogP contribution is -1.97. The van der Waals surface area contributed by atoms with Crippen LogP contribution < -0.4 is 5.32 Å². The van der Waals surface area contributed by atoms with Crippen molar-refractivity contribution < 1.29 is 8.78 Å². The molecule has 2 aromatic carbocycles. The smallest absolute Gasteiger partial charge is 0.150 e. The number of nitrogens with one attached hydrogen (secondary N) is 1. The van der Waals surface area contributed by atoms with E-state index >= 15 is 0 Å². The van der Waals surface area contributed by atoms with Crippen LogP contribution in [0, 0.1) is 23.0 Å². The van der Waals surface area contributed by atoms with E-state index in [1.54, 1.807) is 18.2 Å². The summed E-state index contributed by atoms with van der Waals surface area (Å²) < 4.78 is 27.6. The Morgan fingerprint density at radius 3 is 2.42 bits per heavy atom. The summed E-state index contributed by atoms with van der Waals surface area (Å²) in [5.41, 5.74) is 1.07. The van der Waals surface area contributed by atoms with Crippen LogP contribution in [-0.4, -0.2) is 0 Å². The third-order valence-electron chi connectivity index (χ3n) is 2.30. The summed E-state index contributed by atoms with van der Waals surface area (Å²) in [6.07, 6.45) is 0. The molecular weight excluding hydrogens is 382 g/mol. The van der Waals surface area contributed by atoms with Crippen LogP contribution in [0.4, 0.5) is 20.2 Å². The molecule has 0 amide bonds. The fourth-order valence-corrected chi connectivity index (χ4v) is 2.53. The van der Waals surface area contributed by atoms with Crippen molar-refractivity contribution in [2.45, 2.75) is 0 Å². The number of halogens is 4. The maximum Gasteiger partial charge on any atom is 0.150 e. The fourth-order valence-electron chi connectivity index (χ4n) is 1.53. The highest BCUT2D eigenvalue weighted by Crippen LogP contribution is 2.31. The molecule has 1 N–H and O–H groups in total. The molecule has 0 aliphatic carbocycles. The Balaban J connectivity index is 2.42. The summed E-state index contributed by atoms with van der Waals surface area (Å²) in [4.78, 5) is 0. The molecule has 0 bridgehead atoms. The minimum atomic E-state index is -0.717. The van der Waals surface area contributed by atoms with E-state index in [1.807, 2.05) is 6.07 Å². The summed E-state index contributed by atoms with van der Waals surface area (Å²) in [5, 5.41) is 11.7. The summed E-state index contributed by atoms with van der Waals surface area (Å²) in [6.45, 7) is 0. The normalized spacial score (nSPS) is 10.1. The van der Waals surface area contributed by atoms with Gasteiger partial charge in [-0.2, -0.15) is 5.26 Å². The van der Waals surface area contributed by atoms with Gasteiger partial charge in [0.1, 0.15) is 5.82 Å². The number of hydrogen-bond acceptors (Lipinski definition) is 2. The van der Waals surface area contributed by atoms with E-state index in [-0.39, 0.29) is 10.2 Å². The van der Waals surface area contributed by atoms with Crippen LogP contribution in [0.1, 0.15) is 5.56 Å². The zero-order valence-electron chi connectivity index (χ0n) is 9.35. The summed E-state index contributed by atoms with van der Waals surface area (Å²) >= 11 is 6.35. The number of benzene rings is 2. The van der Waals surface area contributed by atoms with Crippen LogP contribution in [0.15, 0.2) is 39.3 Å². The average molecular weight is 388 g/mol. The predicted octanol–water partition coefficient (Wildman–Crippen LogP) is 5.11. The quantitative estimate of drug-likeness (QED) is 0.777. The van der Waals surface area contributed by atoms with Gasteiger partial charge in [0.15, 0.2) is 5.82 Å². The zero-order chi connectivity index (χ0) is 14.0. The van der Waals surface area contributed by atoms with Crippen LogP contribution in [0.25, 0.3) is 0 Å². The Morgan fingerprint density at radius 2 is 1.79 bits per heavy atom. The average Bonchev–Trinajstić information content (AvgIpc) is 2.33. The molecule has 0 radical (unpaired) electrons. The van der Waals surface area contributed by atoms with Crippen molar-refractivity contribution >= 4 is 43.2 Å². The summed E-state index contributed by atoms with van der Waals surface area (Å²) in [5.74, 6) is -1.38. The molecule has 0 saturated carbocycles. The first-order valence-corrected chi connectivity index (χ1v) is 6.70. The third kappa shape index (κ3) is 3.31. The summed E-state index contributed by atoms with van der Waals surface area (Å²) in [7, 11) is 0. The molecule has 0 aliphatic rings. The first-order chi connectivity index (χ1) is 8.99. The topological polar surface area (TPSA) is 35.8 Å². The highest BCUT2D eigenvalue weighted by molar-refractivity contribution is 9.10. The second kappa shape index (κ2) is 5.68. The molecule has 6 heteroatoms. The number of hydrogen-bond donors (Lipinski definition) is 1. The molecule has 0 unspecified atom stereocenters.